The number of aromatic nitrogens is 3. The lowest BCUT2D eigenvalue weighted by atomic mass is 10.2. The fourth-order valence-corrected chi connectivity index (χ4v) is 3.60. The summed E-state index contributed by atoms with van der Waals surface area (Å²) in [5, 5.41) is 11.9. The lowest BCUT2D eigenvalue weighted by molar-refractivity contribution is -0.116. The van der Waals surface area contributed by atoms with Crippen LogP contribution in [0.4, 0.5) is 16.2 Å². The summed E-state index contributed by atoms with van der Waals surface area (Å²) in [6.07, 6.45) is -0.181. The van der Waals surface area contributed by atoms with Crippen LogP contribution in [0.3, 0.4) is 0 Å². The number of aromatic amines is 1. The van der Waals surface area contributed by atoms with Gasteiger partial charge in [0.1, 0.15) is 0 Å². The second kappa shape index (κ2) is 9.48. The largest absolute Gasteiger partial charge is 0.449 e. The van der Waals surface area contributed by atoms with Crippen LogP contribution in [0.15, 0.2) is 41.8 Å². The van der Waals surface area contributed by atoms with Crippen molar-refractivity contribution in [2.24, 2.45) is 0 Å². The van der Waals surface area contributed by atoms with Crippen LogP contribution >= 0.6 is 23.6 Å². The Kier molecular flexibility index (Phi) is 6.78. The van der Waals surface area contributed by atoms with Gasteiger partial charge in [-0.3, -0.25) is 19.4 Å². The Morgan fingerprint density at radius 2 is 2.07 bits per heavy atom. The standard InChI is InChI=1S/C19H21N5O3S2/c1-3-27-19(26)23(2)14-8-6-13(7-9-14)20-16(25)10-11-24-17(21-22-18(24)28)15-5-4-12-29-15/h4-9,12H,3,10-11H2,1-2H3,(H,20,25)(H,22,28). The Balaban J connectivity index is 1.59. The summed E-state index contributed by atoms with van der Waals surface area (Å²) in [6.45, 7) is 2.48. The van der Waals surface area contributed by atoms with Crippen LogP contribution < -0.4 is 10.2 Å². The number of amides is 2. The fraction of sp³-hybridized carbons (Fsp3) is 0.263. The third-order valence-corrected chi connectivity index (χ3v) is 5.32. The summed E-state index contributed by atoms with van der Waals surface area (Å²) >= 11 is 6.84. The van der Waals surface area contributed by atoms with E-state index in [0.29, 0.717) is 29.3 Å². The molecule has 0 saturated carbocycles. The number of nitrogens with zero attached hydrogens (tertiary/aromatic N) is 3. The van der Waals surface area contributed by atoms with Gasteiger partial charge in [-0.1, -0.05) is 6.07 Å². The molecule has 0 atom stereocenters. The Hall–Kier alpha value is -2.98. The molecule has 0 fully saturated rings. The first kappa shape index (κ1) is 20.7. The van der Waals surface area contributed by atoms with Gasteiger partial charge in [-0.25, -0.2) is 4.79 Å². The van der Waals surface area contributed by atoms with Crippen LogP contribution in [0.2, 0.25) is 0 Å². The molecular formula is C19H21N5O3S2. The van der Waals surface area contributed by atoms with E-state index < -0.39 is 6.09 Å². The molecule has 0 bridgehead atoms. The van der Waals surface area contributed by atoms with Crippen molar-refractivity contribution in [1.29, 1.82) is 0 Å². The maximum atomic E-state index is 12.4. The fourth-order valence-electron chi connectivity index (χ4n) is 2.65. The van der Waals surface area contributed by atoms with E-state index in [-0.39, 0.29) is 12.3 Å². The summed E-state index contributed by atoms with van der Waals surface area (Å²) in [5.74, 6) is 0.584. The lowest BCUT2D eigenvalue weighted by Crippen LogP contribution is -2.26. The summed E-state index contributed by atoms with van der Waals surface area (Å²) in [7, 11) is 1.63. The molecule has 0 saturated heterocycles. The number of nitrogens with one attached hydrogen (secondary N) is 2. The Labute approximate surface area is 177 Å². The molecule has 8 nitrogen and oxygen atoms in total. The number of anilines is 2. The number of ether oxygens (including phenoxy) is 1. The summed E-state index contributed by atoms with van der Waals surface area (Å²) in [5.41, 5.74) is 1.32. The molecule has 29 heavy (non-hydrogen) atoms. The molecule has 10 heteroatoms. The minimum Gasteiger partial charge on any atom is -0.449 e. The van der Waals surface area contributed by atoms with Crippen LogP contribution in [-0.2, 0) is 16.1 Å². The zero-order valence-corrected chi connectivity index (χ0v) is 17.7. The number of benzene rings is 1. The first-order valence-electron chi connectivity index (χ1n) is 8.99. The number of hydrogen-bond donors (Lipinski definition) is 2. The minimum atomic E-state index is -0.428. The van der Waals surface area contributed by atoms with Crippen molar-refractivity contribution in [3.05, 3.63) is 46.5 Å². The van der Waals surface area contributed by atoms with Gasteiger partial charge < -0.3 is 10.1 Å². The summed E-state index contributed by atoms with van der Waals surface area (Å²) < 4.78 is 7.26. The van der Waals surface area contributed by atoms with Crippen LogP contribution in [0.1, 0.15) is 13.3 Å². The molecule has 2 amide bonds. The minimum absolute atomic E-state index is 0.142. The van der Waals surface area contributed by atoms with Gasteiger partial charge in [0.2, 0.25) is 5.91 Å². The summed E-state index contributed by atoms with van der Waals surface area (Å²) in [4.78, 5) is 26.5. The van der Waals surface area contributed by atoms with Crippen LogP contribution in [0.5, 0.6) is 0 Å². The number of thiophene rings is 1. The predicted molar refractivity (Wildman–Crippen MR) is 116 cm³/mol. The monoisotopic (exact) mass is 431 g/mol. The third kappa shape index (κ3) is 5.09. The zero-order chi connectivity index (χ0) is 20.8. The SMILES string of the molecule is CCOC(=O)N(C)c1ccc(NC(=O)CCn2c(-c3cccs3)n[nH]c2=S)cc1. The molecule has 0 unspecified atom stereocenters. The molecule has 3 aromatic rings. The maximum Gasteiger partial charge on any atom is 0.413 e. The van der Waals surface area contributed by atoms with Crippen molar-refractivity contribution in [1.82, 2.24) is 14.8 Å². The number of carbonyl (C=O) groups is 2. The van der Waals surface area contributed by atoms with Crippen LogP contribution in [-0.4, -0.2) is 40.4 Å². The first-order chi connectivity index (χ1) is 14.0. The number of rotatable bonds is 7. The highest BCUT2D eigenvalue weighted by Crippen LogP contribution is 2.23. The van der Waals surface area contributed by atoms with E-state index >= 15 is 0 Å². The molecule has 152 valence electrons. The smallest absolute Gasteiger partial charge is 0.413 e. The maximum absolute atomic E-state index is 12.4. The molecule has 0 radical (unpaired) electrons. The number of hydrogen-bond acceptors (Lipinski definition) is 6. The number of carbonyl (C=O) groups excluding carboxylic acids is 2. The molecule has 0 aliphatic heterocycles. The van der Waals surface area contributed by atoms with Gasteiger partial charge in [0.25, 0.3) is 0 Å². The second-order valence-corrected chi connectivity index (χ2v) is 7.42. The van der Waals surface area contributed by atoms with Crippen LogP contribution in [0.25, 0.3) is 10.7 Å². The van der Waals surface area contributed by atoms with Crippen LogP contribution in [0, 0.1) is 4.77 Å². The Morgan fingerprint density at radius 1 is 1.31 bits per heavy atom. The normalized spacial score (nSPS) is 10.6. The average Bonchev–Trinajstić information content (AvgIpc) is 3.36. The lowest BCUT2D eigenvalue weighted by Gasteiger charge is -2.17. The van der Waals surface area contributed by atoms with Crippen molar-refractivity contribution < 1.29 is 14.3 Å². The molecule has 1 aromatic carbocycles. The topological polar surface area (TPSA) is 92.2 Å². The Bertz CT molecular complexity index is 1030. The predicted octanol–water partition coefficient (Wildman–Crippen LogP) is 4.29. The van der Waals surface area contributed by atoms with Crippen molar-refractivity contribution in [3.8, 4) is 10.7 Å². The Morgan fingerprint density at radius 3 is 2.72 bits per heavy atom. The van der Waals surface area contributed by atoms with E-state index in [1.807, 2.05) is 22.1 Å². The molecule has 0 spiro atoms. The van der Waals surface area contributed by atoms with E-state index in [1.54, 1.807) is 49.6 Å². The van der Waals surface area contributed by atoms with E-state index in [0.717, 1.165) is 10.7 Å². The van der Waals surface area contributed by atoms with E-state index in [9.17, 15) is 9.59 Å². The zero-order valence-electron chi connectivity index (χ0n) is 16.0. The van der Waals surface area contributed by atoms with Gasteiger partial charge in [0.15, 0.2) is 10.6 Å². The van der Waals surface area contributed by atoms with E-state index in [1.165, 1.54) is 4.90 Å². The van der Waals surface area contributed by atoms with Crippen molar-refractivity contribution in [2.75, 3.05) is 23.9 Å². The molecule has 2 N–H and O–H groups in total. The van der Waals surface area contributed by atoms with Gasteiger partial charge in [-0.05, 0) is 54.9 Å². The molecule has 3 rings (SSSR count). The molecule has 0 aliphatic rings. The van der Waals surface area contributed by atoms with Gasteiger partial charge in [-0.2, -0.15) is 5.10 Å². The molecule has 2 heterocycles. The quantitative estimate of drug-likeness (QED) is 0.545. The van der Waals surface area contributed by atoms with Crippen molar-refractivity contribution >= 4 is 46.9 Å². The molecule has 2 aromatic heterocycles. The van der Waals surface area contributed by atoms with Gasteiger partial charge in [0, 0.05) is 31.4 Å². The summed E-state index contributed by atoms with van der Waals surface area (Å²) in [6, 6.07) is 10.9. The van der Waals surface area contributed by atoms with Crippen molar-refractivity contribution in [3.63, 3.8) is 0 Å². The number of H-pyrrole nitrogens is 1. The first-order valence-corrected chi connectivity index (χ1v) is 10.3. The third-order valence-electron chi connectivity index (χ3n) is 4.14. The highest BCUT2D eigenvalue weighted by atomic mass is 32.1. The van der Waals surface area contributed by atoms with Gasteiger partial charge in [0.05, 0.1) is 11.5 Å². The highest BCUT2D eigenvalue weighted by Gasteiger charge is 2.13. The molecule has 0 aliphatic carbocycles. The van der Waals surface area contributed by atoms with Crippen molar-refractivity contribution in [2.45, 2.75) is 19.9 Å². The average molecular weight is 432 g/mol. The highest BCUT2D eigenvalue weighted by molar-refractivity contribution is 7.71. The molecular weight excluding hydrogens is 410 g/mol. The van der Waals surface area contributed by atoms with E-state index in [4.69, 9.17) is 17.0 Å². The van der Waals surface area contributed by atoms with E-state index in [2.05, 4.69) is 15.5 Å². The van der Waals surface area contributed by atoms with Gasteiger partial charge in [-0.15, -0.1) is 11.3 Å². The second-order valence-electron chi connectivity index (χ2n) is 6.08. The van der Waals surface area contributed by atoms with Gasteiger partial charge >= 0.3 is 6.09 Å².